The second-order valence-electron chi connectivity index (χ2n) is 4.13. The SMILES string of the molecule is CN1C(=O)C2C3C=CC(C3=O)C2C1=O. The number of imide groups is 1. The maximum absolute atomic E-state index is 11.7. The normalized spacial score (nSPS) is 44.1. The highest BCUT2D eigenvalue weighted by molar-refractivity contribution is 6.13. The molecule has 4 unspecified atom stereocenters. The molecular weight excluding hydrogens is 182 g/mol. The van der Waals surface area contributed by atoms with Gasteiger partial charge in [0.2, 0.25) is 11.8 Å². The molecule has 0 spiro atoms. The predicted octanol–water partition coefficient (Wildman–Crippen LogP) is -0.398. The summed E-state index contributed by atoms with van der Waals surface area (Å²) in [6.45, 7) is 0. The van der Waals surface area contributed by atoms with Crippen LogP contribution in [0.15, 0.2) is 12.2 Å². The van der Waals surface area contributed by atoms with E-state index in [2.05, 4.69) is 0 Å². The minimum Gasteiger partial charge on any atom is -0.298 e. The standard InChI is InChI=1S/C10H9NO3/c1-11-9(13)6-4-2-3-5(8(4)12)7(6)10(11)14/h2-7H,1H3. The number of nitrogens with zero attached hydrogens (tertiary/aromatic N) is 1. The van der Waals surface area contributed by atoms with Gasteiger partial charge in [-0.3, -0.25) is 19.3 Å². The van der Waals surface area contributed by atoms with Crippen LogP contribution >= 0.6 is 0 Å². The summed E-state index contributed by atoms with van der Waals surface area (Å²) in [6.07, 6.45) is 3.55. The highest BCUT2D eigenvalue weighted by Gasteiger charge is 2.62. The van der Waals surface area contributed by atoms with Crippen molar-refractivity contribution in [2.75, 3.05) is 7.05 Å². The molecule has 0 radical (unpaired) electrons. The number of hydrogen-bond donors (Lipinski definition) is 0. The van der Waals surface area contributed by atoms with Crippen molar-refractivity contribution in [2.45, 2.75) is 0 Å². The fourth-order valence-electron chi connectivity index (χ4n) is 2.86. The number of amides is 2. The zero-order valence-corrected chi connectivity index (χ0v) is 7.64. The Kier molecular flexibility index (Phi) is 1.20. The first kappa shape index (κ1) is 7.91. The van der Waals surface area contributed by atoms with Crippen molar-refractivity contribution in [1.29, 1.82) is 0 Å². The van der Waals surface area contributed by atoms with E-state index >= 15 is 0 Å². The summed E-state index contributed by atoms with van der Waals surface area (Å²) in [5.74, 6) is -1.77. The largest absolute Gasteiger partial charge is 0.298 e. The van der Waals surface area contributed by atoms with Crippen molar-refractivity contribution in [3.05, 3.63) is 12.2 Å². The number of carbonyl (C=O) groups excluding carboxylic acids is 3. The smallest absolute Gasteiger partial charge is 0.233 e. The first-order valence-corrected chi connectivity index (χ1v) is 4.66. The number of allylic oxidation sites excluding steroid dienone is 2. The zero-order valence-electron chi connectivity index (χ0n) is 7.64. The average Bonchev–Trinajstić information content (AvgIpc) is 2.74. The van der Waals surface area contributed by atoms with Crippen LogP contribution in [0.3, 0.4) is 0 Å². The molecule has 72 valence electrons. The summed E-state index contributed by atoms with van der Waals surface area (Å²) in [7, 11) is 1.49. The van der Waals surface area contributed by atoms with Gasteiger partial charge in [-0.15, -0.1) is 0 Å². The van der Waals surface area contributed by atoms with Crippen molar-refractivity contribution < 1.29 is 14.4 Å². The van der Waals surface area contributed by atoms with Gasteiger partial charge in [-0.25, -0.2) is 0 Å². The molecule has 2 bridgehead atoms. The Bertz CT molecular complexity index is 364. The Morgan fingerprint density at radius 3 is 1.86 bits per heavy atom. The maximum atomic E-state index is 11.7. The fourth-order valence-corrected chi connectivity index (χ4v) is 2.86. The van der Waals surface area contributed by atoms with Gasteiger partial charge in [0, 0.05) is 18.9 Å². The highest BCUT2D eigenvalue weighted by Crippen LogP contribution is 2.49. The quantitative estimate of drug-likeness (QED) is 0.387. The molecule has 4 atom stereocenters. The van der Waals surface area contributed by atoms with E-state index in [-0.39, 0.29) is 29.4 Å². The van der Waals surface area contributed by atoms with E-state index in [1.807, 2.05) is 0 Å². The Morgan fingerprint density at radius 2 is 1.43 bits per heavy atom. The van der Waals surface area contributed by atoms with E-state index in [0.29, 0.717) is 0 Å². The molecule has 1 heterocycles. The topological polar surface area (TPSA) is 54.5 Å². The molecule has 0 aromatic heterocycles. The van der Waals surface area contributed by atoms with Crippen LogP contribution in [0.5, 0.6) is 0 Å². The van der Waals surface area contributed by atoms with Crippen molar-refractivity contribution in [1.82, 2.24) is 4.90 Å². The van der Waals surface area contributed by atoms with E-state index in [1.165, 1.54) is 7.05 Å². The van der Waals surface area contributed by atoms with Crippen LogP contribution in [0.25, 0.3) is 0 Å². The van der Waals surface area contributed by atoms with Crippen LogP contribution in [0, 0.1) is 23.7 Å². The Labute approximate surface area is 80.6 Å². The van der Waals surface area contributed by atoms with Gasteiger partial charge in [0.1, 0.15) is 5.78 Å². The third-order valence-electron chi connectivity index (χ3n) is 3.58. The molecule has 0 N–H and O–H groups in total. The van der Waals surface area contributed by atoms with Gasteiger partial charge in [-0.2, -0.15) is 0 Å². The molecular formula is C10H9NO3. The third kappa shape index (κ3) is 0.615. The first-order valence-electron chi connectivity index (χ1n) is 4.66. The van der Waals surface area contributed by atoms with Crippen molar-refractivity contribution in [3.63, 3.8) is 0 Å². The molecule has 3 aliphatic rings. The van der Waals surface area contributed by atoms with E-state index in [9.17, 15) is 14.4 Å². The van der Waals surface area contributed by atoms with E-state index < -0.39 is 11.8 Å². The number of rotatable bonds is 0. The molecule has 1 saturated carbocycles. The summed E-state index contributed by atoms with van der Waals surface area (Å²) in [5, 5.41) is 0. The van der Waals surface area contributed by atoms with Crippen LogP contribution < -0.4 is 0 Å². The number of likely N-dealkylation sites (tertiary alicyclic amines) is 1. The first-order chi connectivity index (χ1) is 6.63. The van der Waals surface area contributed by atoms with Gasteiger partial charge >= 0.3 is 0 Å². The van der Waals surface area contributed by atoms with Crippen LogP contribution in [-0.2, 0) is 14.4 Å². The van der Waals surface area contributed by atoms with Crippen LogP contribution in [-0.4, -0.2) is 29.5 Å². The summed E-state index contributed by atoms with van der Waals surface area (Å²) < 4.78 is 0. The van der Waals surface area contributed by atoms with Crippen molar-refractivity contribution in [2.24, 2.45) is 23.7 Å². The molecule has 4 nitrogen and oxygen atoms in total. The summed E-state index contributed by atoms with van der Waals surface area (Å²) >= 11 is 0. The van der Waals surface area contributed by atoms with Gasteiger partial charge in [0.25, 0.3) is 0 Å². The average molecular weight is 191 g/mol. The lowest BCUT2D eigenvalue weighted by Gasteiger charge is -2.12. The van der Waals surface area contributed by atoms with Gasteiger partial charge in [-0.1, -0.05) is 12.2 Å². The number of ketones is 1. The van der Waals surface area contributed by atoms with Gasteiger partial charge in [0.15, 0.2) is 0 Å². The molecule has 1 aliphatic heterocycles. The van der Waals surface area contributed by atoms with E-state index in [0.717, 1.165) is 4.90 Å². The maximum Gasteiger partial charge on any atom is 0.233 e. The molecule has 0 aromatic carbocycles. The Morgan fingerprint density at radius 1 is 1.00 bits per heavy atom. The van der Waals surface area contributed by atoms with Crippen LogP contribution in [0.2, 0.25) is 0 Å². The third-order valence-corrected chi connectivity index (χ3v) is 3.58. The summed E-state index contributed by atoms with van der Waals surface area (Å²) in [6, 6.07) is 0. The molecule has 3 rings (SSSR count). The second-order valence-corrected chi connectivity index (χ2v) is 4.13. The van der Waals surface area contributed by atoms with Gasteiger partial charge < -0.3 is 0 Å². The summed E-state index contributed by atoms with van der Waals surface area (Å²) in [4.78, 5) is 36.1. The number of hydrogen-bond acceptors (Lipinski definition) is 3. The van der Waals surface area contributed by atoms with Crippen LogP contribution in [0.1, 0.15) is 0 Å². The molecule has 2 fully saturated rings. The zero-order chi connectivity index (χ0) is 10.0. The van der Waals surface area contributed by atoms with Crippen molar-refractivity contribution in [3.8, 4) is 0 Å². The van der Waals surface area contributed by atoms with E-state index in [4.69, 9.17) is 0 Å². The molecule has 4 heteroatoms. The number of fused-ring (bicyclic) bond motifs is 5. The fraction of sp³-hybridized carbons (Fsp3) is 0.500. The summed E-state index contributed by atoms with van der Waals surface area (Å²) in [5.41, 5.74) is 0. The molecule has 14 heavy (non-hydrogen) atoms. The molecule has 2 amide bonds. The lowest BCUT2D eigenvalue weighted by molar-refractivity contribution is -0.141. The number of carbonyl (C=O) groups is 3. The Balaban J connectivity index is 2.12. The lowest BCUT2D eigenvalue weighted by atomic mass is 9.85. The molecule has 2 aliphatic carbocycles. The van der Waals surface area contributed by atoms with Crippen LogP contribution in [0.4, 0.5) is 0 Å². The molecule has 0 aromatic rings. The predicted molar refractivity (Wildman–Crippen MR) is 45.9 cm³/mol. The van der Waals surface area contributed by atoms with Gasteiger partial charge in [0.05, 0.1) is 11.8 Å². The minimum absolute atomic E-state index is 0.0507. The highest BCUT2D eigenvalue weighted by atomic mass is 16.2. The molecule has 1 saturated heterocycles. The van der Waals surface area contributed by atoms with E-state index in [1.54, 1.807) is 12.2 Å². The minimum atomic E-state index is -0.394. The second kappa shape index (κ2) is 2.13. The lowest BCUT2D eigenvalue weighted by Crippen LogP contribution is -2.30. The van der Waals surface area contributed by atoms with Gasteiger partial charge in [-0.05, 0) is 0 Å². The monoisotopic (exact) mass is 191 g/mol. The number of Topliss-reactive ketones (excluding diaryl/α,β-unsaturated/α-hetero) is 1. The Hall–Kier alpha value is -1.45. The van der Waals surface area contributed by atoms with Crippen molar-refractivity contribution >= 4 is 17.6 Å².